The van der Waals surface area contributed by atoms with Gasteiger partial charge in [0, 0.05) is 33.3 Å². The number of nitrogens with zero attached hydrogens (tertiary/aromatic N) is 2. The summed E-state index contributed by atoms with van der Waals surface area (Å²) in [5.41, 5.74) is 1.14. The van der Waals surface area contributed by atoms with Crippen LogP contribution in [-0.4, -0.2) is 86.1 Å². The monoisotopic (exact) mass is 350 g/mol. The van der Waals surface area contributed by atoms with Gasteiger partial charge in [-0.25, -0.2) is 0 Å². The van der Waals surface area contributed by atoms with Crippen molar-refractivity contribution in [3.8, 4) is 5.75 Å². The molecule has 0 aromatic heterocycles. The average molecular weight is 350 g/mol. The molecular formula is C18H26N2O5. The number of rotatable bonds is 8. The fourth-order valence-corrected chi connectivity index (χ4v) is 3.51. The van der Waals surface area contributed by atoms with Gasteiger partial charge in [0.1, 0.15) is 19.0 Å². The Labute approximate surface area is 148 Å². The summed E-state index contributed by atoms with van der Waals surface area (Å²) in [5.74, 6) is 0.802. The second-order valence-electron chi connectivity index (χ2n) is 6.41. The molecule has 2 fully saturated rings. The minimum atomic E-state index is 0.00237. The first-order valence-corrected chi connectivity index (χ1v) is 8.66. The molecule has 0 spiro atoms. The van der Waals surface area contributed by atoms with Crippen molar-refractivity contribution in [2.24, 2.45) is 0 Å². The summed E-state index contributed by atoms with van der Waals surface area (Å²) in [4.78, 5) is 16.3. The maximum Gasteiger partial charge on any atom is 0.249 e. The van der Waals surface area contributed by atoms with Crippen LogP contribution in [0.2, 0.25) is 0 Å². The smallest absolute Gasteiger partial charge is 0.249 e. The molecule has 3 rings (SSSR count). The highest BCUT2D eigenvalue weighted by atomic mass is 16.5. The van der Waals surface area contributed by atoms with Crippen LogP contribution in [0.5, 0.6) is 5.75 Å². The molecule has 1 N–H and O–H groups in total. The number of morpholine rings is 1. The first kappa shape index (κ1) is 18.1. The second-order valence-corrected chi connectivity index (χ2v) is 6.41. The standard InChI is InChI=1S/C18H26N2O5/c1-23-7-5-20-16-11-19(12-17(16)25-13-18(20)22)10-14-3-2-4-15(9-14)24-8-6-21/h2-4,9,16-17,21H,5-8,10-13H2,1H3/t16-,17-/m0/s1. The predicted molar refractivity (Wildman–Crippen MR) is 91.4 cm³/mol. The van der Waals surface area contributed by atoms with Gasteiger partial charge in [0.05, 0.1) is 25.4 Å². The molecule has 2 saturated heterocycles. The molecule has 0 aliphatic carbocycles. The number of methoxy groups -OCH3 is 1. The van der Waals surface area contributed by atoms with Crippen molar-refractivity contribution < 1.29 is 24.1 Å². The zero-order chi connectivity index (χ0) is 17.6. The van der Waals surface area contributed by atoms with Crippen molar-refractivity contribution in [3.05, 3.63) is 29.8 Å². The van der Waals surface area contributed by atoms with Crippen LogP contribution in [0.15, 0.2) is 24.3 Å². The molecule has 2 aliphatic heterocycles. The van der Waals surface area contributed by atoms with Crippen LogP contribution in [0, 0.1) is 0 Å². The molecule has 2 atom stereocenters. The number of hydrogen-bond donors (Lipinski definition) is 1. The van der Waals surface area contributed by atoms with Crippen molar-refractivity contribution in [2.75, 3.05) is 53.2 Å². The van der Waals surface area contributed by atoms with E-state index in [1.807, 2.05) is 23.1 Å². The summed E-state index contributed by atoms with van der Waals surface area (Å²) < 4.78 is 16.3. The van der Waals surface area contributed by atoms with Crippen LogP contribution in [0.25, 0.3) is 0 Å². The molecule has 0 radical (unpaired) electrons. The van der Waals surface area contributed by atoms with Gasteiger partial charge in [-0.3, -0.25) is 9.69 Å². The van der Waals surface area contributed by atoms with Crippen molar-refractivity contribution in [1.29, 1.82) is 0 Å². The maximum atomic E-state index is 12.1. The maximum absolute atomic E-state index is 12.1. The van der Waals surface area contributed by atoms with E-state index in [-0.39, 0.29) is 31.3 Å². The number of fused-ring (bicyclic) bond motifs is 1. The third-order valence-electron chi connectivity index (χ3n) is 4.66. The number of benzene rings is 1. The second kappa shape index (κ2) is 8.62. The summed E-state index contributed by atoms with van der Waals surface area (Å²) in [6.45, 7) is 3.98. The molecule has 0 unspecified atom stereocenters. The van der Waals surface area contributed by atoms with Crippen molar-refractivity contribution >= 4 is 5.91 Å². The van der Waals surface area contributed by atoms with E-state index in [1.54, 1.807) is 7.11 Å². The molecule has 1 amide bonds. The molecular weight excluding hydrogens is 324 g/mol. The Bertz CT molecular complexity index is 582. The lowest BCUT2D eigenvalue weighted by Gasteiger charge is -2.36. The molecule has 1 aromatic carbocycles. The van der Waals surface area contributed by atoms with E-state index in [2.05, 4.69) is 11.0 Å². The van der Waals surface area contributed by atoms with E-state index < -0.39 is 0 Å². The number of aliphatic hydroxyl groups excluding tert-OH is 1. The van der Waals surface area contributed by atoms with Gasteiger partial charge < -0.3 is 24.2 Å². The topological polar surface area (TPSA) is 71.5 Å². The van der Waals surface area contributed by atoms with Gasteiger partial charge in [0.25, 0.3) is 0 Å². The largest absolute Gasteiger partial charge is 0.491 e. The normalized spacial score (nSPS) is 23.8. The fourth-order valence-electron chi connectivity index (χ4n) is 3.51. The Morgan fingerprint density at radius 3 is 3.00 bits per heavy atom. The van der Waals surface area contributed by atoms with Gasteiger partial charge in [-0.05, 0) is 17.7 Å². The highest BCUT2D eigenvalue weighted by Crippen LogP contribution is 2.25. The molecule has 2 heterocycles. The van der Waals surface area contributed by atoms with Gasteiger partial charge in [0.2, 0.25) is 5.91 Å². The highest BCUT2D eigenvalue weighted by Gasteiger charge is 2.42. The lowest BCUT2D eigenvalue weighted by Crippen LogP contribution is -2.54. The lowest BCUT2D eigenvalue weighted by atomic mass is 10.1. The number of hydrogen-bond acceptors (Lipinski definition) is 6. The molecule has 138 valence electrons. The third-order valence-corrected chi connectivity index (χ3v) is 4.66. The van der Waals surface area contributed by atoms with Crippen molar-refractivity contribution in [3.63, 3.8) is 0 Å². The zero-order valence-corrected chi connectivity index (χ0v) is 14.6. The minimum Gasteiger partial charge on any atom is -0.491 e. The first-order valence-electron chi connectivity index (χ1n) is 8.66. The van der Waals surface area contributed by atoms with Gasteiger partial charge >= 0.3 is 0 Å². The minimum absolute atomic E-state index is 0.00237. The van der Waals surface area contributed by atoms with Crippen LogP contribution in [0.1, 0.15) is 5.56 Å². The van der Waals surface area contributed by atoms with Crippen LogP contribution in [0.4, 0.5) is 0 Å². The Balaban J connectivity index is 1.61. The highest BCUT2D eigenvalue weighted by molar-refractivity contribution is 5.78. The van der Waals surface area contributed by atoms with E-state index in [4.69, 9.17) is 19.3 Å². The summed E-state index contributed by atoms with van der Waals surface area (Å²) in [7, 11) is 1.65. The Morgan fingerprint density at radius 2 is 2.20 bits per heavy atom. The van der Waals surface area contributed by atoms with E-state index in [1.165, 1.54) is 0 Å². The third kappa shape index (κ3) is 4.49. The Hall–Kier alpha value is -1.67. The summed E-state index contributed by atoms with van der Waals surface area (Å²) in [5, 5.41) is 8.86. The quantitative estimate of drug-likeness (QED) is 0.718. The summed E-state index contributed by atoms with van der Waals surface area (Å²) in [6, 6.07) is 7.98. The zero-order valence-electron chi connectivity index (χ0n) is 14.6. The molecule has 7 nitrogen and oxygen atoms in total. The number of carbonyl (C=O) groups is 1. The Kier molecular flexibility index (Phi) is 6.25. The average Bonchev–Trinajstić information content (AvgIpc) is 3.02. The van der Waals surface area contributed by atoms with Crippen LogP contribution < -0.4 is 4.74 Å². The van der Waals surface area contributed by atoms with Gasteiger partial charge in [0.15, 0.2) is 0 Å². The molecule has 0 saturated carbocycles. The van der Waals surface area contributed by atoms with Crippen LogP contribution >= 0.6 is 0 Å². The number of ether oxygens (including phenoxy) is 3. The molecule has 7 heteroatoms. The fraction of sp³-hybridized carbons (Fsp3) is 0.611. The van der Waals surface area contributed by atoms with E-state index >= 15 is 0 Å². The number of amides is 1. The van der Waals surface area contributed by atoms with Crippen LogP contribution in [0.3, 0.4) is 0 Å². The Morgan fingerprint density at radius 1 is 1.32 bits per heavy atom. The SMILES string of the molecule is COCCN1C(=O)CO[C@H]2CN(Cc3cccc(OCCO)c3)C[C@@H]21. The van der Waals surface area contributed by atoms with Gasteiger partial charge in [-0.15, -0.1) is 0 Å². The number of aliphatic hydroxyl groups is 1. The summed E-state index contributed by atoms with van der Waals surface area (Å²) >= 11 is 0. The molecule has 2 aliphatic rings. The van der Waals surface area contributed by atoms with Gasteiger partial charge in [-0.2, -0.15) is 0 Å². The van der Waals surface area contributed by atoms with E-state index in [0.717, 1.165) is 30.9 Å². The van der Waals surface area contributed by atoms with E-state index in [9.17, 15) is 4.79 Å². The molecule has 1 aromatic rings. The summed E-state index contributed by atoms with van der Waals surface area (Å²) in [6.07, 6.45) is 0.0587. The van der Waals surface area contributed by atoms with E-state index in [0.29, 0.717) is 19.8 Å². The predicted octanol–water partition coefficient (Wildman–Crippen LogP) is 0.116. The van der Waals surface area contributed by atoms with Crippen LogP contribution in [-0.2, 0) is 20.8 Å². The lowest BCUT2D eigenvalue weighted by molar-refractivity contribution is -0.153. The van der Waals surface area contributed by atoms with Crippen molar-refractivity contribution in [1.82, 2.24) is 9.80 Å². The number of carbonyl (C=O) groups excluding carboxylic acids is 1. The van der Waals surface area contributed by atoms with Crippen molar-refractivity contribution in [2.45, 2.75) is 18.7 Å². The molecule has 0 bridgehead atoms. The number of likely N-dealkylation sites (tertiary alicyclic amines) is 1. The van der Waals surface area contributed by atoms with Gasteiger partial charge in [-0.1, -0.05) is 12.1 Å². The molecule has 25 heavy (non-hydrogen) atoms. The first-order chi connectivity index (χ1) is 12.2.